The van der Waals surface area contributed by atoms with E-state index in [1.165, 1.54) is 23.9 Å². The van der Waals surface area contributed by atoms with E-state index in [2.05, 4.69) is 10.4 Å². The molecule has 0 radical (unpaired) electrons. The maximum absolute atomic E-state index is 12.1. The summed E-state index contributed by atoms with van der Waals surface area (Å²) in [7, 11) is 1.52. The van der Waals surface area contributed by atoms with E-state index in [1.54, 1.807) is 20.8 Å². The van der Waals surface area contributed by atoms with Crippen molar-refractivity contribution in [1.82, 2.24) is 15.1 Å². The third-order valence-corrected chi connectivity index (χ3v) is 3.09. The standard InChI is InChI=1S/C13H21N3O4/c1-9(17)13(2,3)14-12(19)10-5-6-11(18)16(15-10)7-8-20-4/h5-6,9,17H,7-8H2,1-4H3,(H,14,19). The number of carbonyl (C=O) groups is 1. The van der Waals surface area contributed by atoms with Gasteiger partial charge in [0, 0.05) is 13.2 Å². The number of aliphatic hydroxyl groups is 1. The lowest BCUT2D eigenvalue weighted by Gasteiger charge is -2.29. The molecule has 0 saturated carbocycles. The van der Waals surface area contributed by atoms with Gasteiger partial charge in [0.1, 0.15) is 5.69 Å². The van der Waals surface area contributed by atoms with Crippen molar-refractivity contribution in [3.8, 4) is 0 Å². The van der Waals surface area contributed by atoms with Gasteiger partial charge in [-0.25, -0.2) is 4.68 Å². The first kappa shape index (κ1) is 16.3. The molecule has 0 spiro atoms. The van der Waals surface area contributed by atoms with E-state index in [4.69, 9.17) is 4.74 Å². The number of aliphatic hydroxyl groups excluding tert-OH is 1. The minimum Gasteiger partial charge on any atom is -0.391 e. The molecule has 7 heteroatoms. The average molecular weight is 283 g/mol. The Hall–Kier alpha value is -1.73. The molecule has 1 rings (SSSR count). The van der Waals surface area contributed by atoms with Crippen LogP contribution in [0.25, 0.3) is 0 Å². The Morgan fingerprint density at radius 2 is 2.20 bits per heavy atom. The number of amides is 1. The van der Waals surface area contributed by atoms with Crippen molar-refractivity contribution in [3.05, 3.63) is 28.2 Å². The Morgan fingerprint density at radius 1 is 1.55 bits per heavy atom. The van der Waals surface area contributed by atoms with Crippen molar-refractivity contribution < 1.29 is 14.6 Å². The van der Waals surface area contributed by atoms with Crippen molar-refractivity contribution >= 4 is 5.91 Å². The highest BCUT2D eigenvalue weighted by Crippen LogP contribution is 2.09. The van der Waals surface area contributed by atoms with Crippen LogP contribution in [0.2, 0.25) is 0 Å². The number of hydrogen-bond donors (Lipinski definition) is 2. The highest BCUT2D eigenvalue weighted by atomic mass is 16.5. The van der Waals surface area contributed by atoms with E-state index in [9.17, 15) is 14.7 Å². The monoisotopic (exact) mass is 283 g/mol. The number of carbonyl (C=O) groups excluding carboxylic acids is 1. The molecule has 1 aromatic heterocycles. The summed E-state index contributed by atoms with van der Waals surface area (Å²) >= 11 is 0. The van der Waals surface area contributed by atoms with Crippen LogP contribution in [0.5, 0.6) is 0 Å². The highest BCUT2D eigenvalue weighted by Gasteiger charge is 2.27. The molecular weight excluding hydrogens is 262 g/mol. The second-order valence-electron chi connectivity index (χ2n) is 5.12. The van der Waals surface area contributed by atoms with Gasteiger partial charge in [-0.15, -0.1) is 0 Å². The number of methoxy groups -OCH3 is 1. The van der Waals surface area contributed by atoms with Crippen LogP contribution in [0.3, 0.4) is 0 Å². The Bertz CT molecular complexity index is 523. The summed E-state index contributed by atoms with van der Waals surface area (Å²) in [5.41, 5.74) is -0.963. The van der Waals surface area contributed by atoms with Gasteiger partial charge in [0.05, 0.1) is 24.8 Å². The van der Waals surface area contributed by atoms with E-state index in [0.29, 0.717) is 6.61 Å². The van der Waals surface area contributed by atoms with Gasteiger partial charge >= 0.3 is 0 Å². The van der Waals surface area contributed by atoms with Gasteiger partial charge in [0.25, 0.3) is 11.5 Å². The van der Waals surface area contributed by atoms with Crippen LogP contribution in [-0.4, -0.2) is 46.2 Å². The first-order valence-electron chi connectivity index (χ1n) is 6.35. The number of aromatic nitrogens is 2. The zero-order valence-electron chi connectivity index (χ0n) is 12.2. The SMILES string of the molecule is COCCn1nc(C(=O)NC(C)(C)C(C)O)ccc1=O. The Kier molecular flexibility index (Phi) is 5.41. The highest BCUT2D eigenvalue weighted by molar-refractivity contribution is 5.92. The maximum Gasteiger partial charge on any atom is 0.272 e. The van der Waals surface area contributed by atoms with Crippen molar-refractivity contribution in [2.75, 3.05) is 13.7 Å². The van der Waals surface area contributed by atoms with E-state index >= 15 is 0 Å². The predicted molar refractivity (Wildman–Crippen MR) is 73.6 cm³/mol. The number of hydrogen-bond acceptors (Lipinski definition) is 5. The van der Waals surface area contributed by atoms with Crippen LogP contribution in [0.15, 0.2) is 16.9 Å². The fourth-order valence-corrected chi connectivity index (χ4v) is 1.37. The van der Waals surface area contributed by atoms with E-state index in [0.717, 1.165) is 0 Å². The van der Waals surface area contributed by atoms with Crippen LogP contribution >= 0.6 is 0 Å². The normalized spacial score (nSPS) is 13.1. The Labute approximate surface area is 117 Å². The molecule has 0 aliphatic rings. The zero-order chi connectivity index (χ0) is 15.3. The summed E-state index contributed by atoms with van der Waals surface area (Å²) in [5, 5.41) is 16.2. The number of nitrogens with one attached hydrogen (secondary N) is 1. The molecule has 0 bridgehead atoms. The molecule has 1 atom stereocenters. The maximum atomic E-state index is 12.1. The lowest BCUT2D eigenvalue weighted by atomic mass is 9.98. The summed E-state index contributed by atoms with van der Waals surface area (Å²) in [6.45, 7) is 5.60. The first-order chi connectivity index (χ1) is 9.27. The molecular formula is C13H21N3O4. The third-order valence-electron chi connectivity index (χ3n) is 3.09. The molecule has 1 heterocycles. The topological polar surface area (TPSA) is 93.5 Å². The summed E-state index contributed by atoms with van der Waals surface area (Å²) in [6.07, 6.45) is -0.717. The Morgan fingerprint density at radius 3 is 2.75 bits per heavy atom. The Balaban J connectivity index is 2.91. The van der Waals surface area contributed by atoms with Gasteiger partial charge in [-0.3, -0.25) is 9.59 Å². The molecule has 1 unspecified atom stereocenters. The predicted octanol–water partition coefficient (Wildman–Crippen LogP) is -0.221. The van der Waals surface area contributed by atoms with E-state index in [-0.39, 0.29) is 17.8 Å². The molecule has 0 aliphatic heterocycles. The van der Waals surface area contributed by atoms with Crippen molar-refractivity contribution in [1.29, 1.82) is 0 Å². The van der Waals surface area contributed by atoms with Gasteiger partial charge < -0.3 is 15.2 Å². The molecule has 0 aliphatic carbocycles. The summed E-state index contributed by atoms with van der Waals surface area (Å²) in [5.74, 6) is -0.443. The number of ether oxygens (including phenoxy) is 1. The largest absolute Gasteiger partial charge is 0.391 e. The number of nitrogens with zero attached hydrogens (tertiary/aromatic N) is 2. The second-order valence-corrected chi connectivity index (χ2v) is 5.12. The van der Waals surface area contributed by atoms with Crippen molar-refractivity contribution in [2.45, 2.75) is 39.0 Å². The molecule has 0 aromatic carbocycles. The van der Waals surface area contributed by atoms with Gasteiger partial charge in [-0.1, -0.05) is 0 Å². The third kappa shape index (κ3) is 4.14. The number of rotatable bonds is 6. The average Bonchev–Trinajstić information content (AvgIpc) is 2.37. The van der Waals surface area contributed by atoms with Gasteiger partial charge in [0.2, 0.25) is 0 Å². The summed E-state index contributed by atoms with van der Waals surface area (Å²) in [6, 6.07) is 2.64. The fraction of sp³-hybridized carbons (Fsp3) is 0.615. The summed E-state index contributed by atoms with van der Waals surface area (Å²) in [4.78, 5) is 23.6. The van der Waals surface area contributed by atoms with Crippen LogP contribution in [-0.2, 0) is 11.3 Å². The van der Waals surface area contributed by atoms with Gasteiger partial charge in [0.15, 0.2) is 0 Å². The molecule has 7 nitrogen and oxygen atoms in total. The van der Waals surface area contributed by atoms with Crippen LogP contribution in [0.1, 0.15) is 31.3 Å². The second kappa shape index (κ2) is 6.62. The van der Waals surface area contributed by atoms with E-state index in [1.807, 2.05) is 0 Å². The molecule has 0 saturated heterocycles. The van der Waals surface area contributed by atoms with Crippen LogP contribution in [0.4, 0.5) is 0 Å². The summed E-state index contributed by atoms with van der Waals surface area (Å²) < 4.78 is 6.05. The quantitative estimate of drug-likeness (QED) is 0.753. The smallest absolute Gasteiger partial charge is 0.272 e. The van der Waals surface area contributed by atoms with Crippen molar-refractivity contribution in [2.24, 2.45) is 0 Å². The molecule has 112 valence electrons. The first-order valence-corrected chi connectivity index (χ1v) is 6.35. The minimum absolute atomic E-state index is 0.120. The van der Waals surface area contributed by atoms with Gasteiger partial charge in [-0.05, 0) is 26.8 Å². The molecule has 1 aromatic rings. The van der Waals surface area contributed by atoms with Gasteiger partial charge in [-0.2, -0.15) is 5.10 Å². The van der Waals surface area contributed by atoms with Crippen molar-refractivity contribution in [3.63, 3.8) is 0 Å². The molecule has 0 fully saturated rings. The van der Waals surface area contributed by atoms with Crippen LogP contribution < -0.4 is 10.9 Å². The van der Waals surface area contributed by atoms with E-state index < -0.39 is 17.6 Å². The molecule has 2 N–H and O–H groups in total. The lowest BCUT2D eigenvalue weighted by molar-refractivity contribution is 0.0703. The molecule has 1 amide bonds. The van der Waals surface area contributed by atoms with Crippen LogP contribution in [0, 0.1) is 0 Å². The minimum atomic E-state index is -0.785. The lowest BCUT2D eigenvalue weighted by Crippen LogP contribution is -2.51. The fourth-order valence-electron chi connectivity index (χ4n) is 1.37. The molecule has 20 heavy (non-hydrogen) atoms. The zero-order valence-corrected chi connectivity index (χ0v) is 12.2.